The summed E-state index contributed by atoms with van der Waals surface area (Å²) in [6, 6.07) is 0.720. The first-order valence-corrected chi connectivity index (χ1v) is 7.41. The monoisotopic (exact) mass is 275 g/mol. The van der Waals surface area contributed by atoms with E-state index in [-0.39, 0.29) is 0 Å². The van der Waals surface area contributed by atoms with Gasteiger partial charge in [-0.2, -0.15) is 0 Å². The number of halogens is 1. The number of nitrogens with one attached hydrogen (secondary N) is 1. The molecular formula is C13H26BrN. The predicted molar refractivity (Wildman–Crippen MR) is 71.6 cm³/mol. The van der Waals surface area contributed by atoms with Crippen molar-refractivity contribution < 1.29 is 0 Å². The van der Waals surface area contributed by atoms with Crippen LogP contribution >= 0.6 is 15.9 Å². The van der Waals surface area contributed by atoms with E-state index in [1.165, 1.54) is 38.5 Å². The quantitative estimate of drug-likeness (QED) is 0.749. The zero-order chi connectivity index (χ0) is 11.3. The summed E-state index contributed by atoms with van der Waals surface area (Å²) in [5.74, 6) is 1.76. The second kappa shape index (κ2) is 6.90. The van der Waals surface area contributed by atoms with E-state index in [9.17, 15) is 0 Å². The van der Waals surface area contributed by atoms with E-state index in [1.54, 1.807) is 0 Å². The summed E-state index contributed by atoms with van der Waals surface area (Å²) in [4.78, 5) is 0.739. The Morgan fingerprint density at radius 3 is 2.73 bits per heavy atom. The molecule has 0 aromatic carbocycles. The minimum absolute atomic E-state index is 0.720. The van der Waals surface area contributed by atoms with Gasteiger partial charge in [0.1, 0.15) is 0 Å². The maximum absolute atomic E-state index is 3.88. The third kappa shape index (κ3) is 4.07. The highest BCUT2D eigenvalue weighted by Gasteiger charge is 2.31. The molecule has 1 fully saturated rings. The smallest absolute Gasteiger partial charge is 0.0189 e. The fourth-order valence-corrected chi connectivity index (χ4v) is 3.65. The summed E-state index contributed by atoms with van der Waals surface area (Å²) in [6.07, 6.45) is 8.16. The van der Waals surface area contributed by atoms with E-state index in [1.807, 2.05) is 0 Å². The Hall–Kier alpha value is 0.440. The Morgan fingerprint density at radius 1 is 1.40 bits per heavy atom. The first-order chi connectivity index (χ1) is 7.19. The van der Waals surface area contributed by atoms with Crippen molar-refractivity contribution in [1.29, 1.82) is 0 Å². The standard InChI is InChI=1S/C13H26BrN/c1-4-5-6-13(15-3)11-9-10(2)7-8-12(11)14/h10-13,15H,4-9H2,1-3H3. The van der Waals surface area contributed by atoms with Crippen LogP contribution in [-0.4, -0.2) is 17.9 Å². The number of hydrogen-bond donors (Lipinski definition) is 1. The van der Waals surface area contributed by atoms with Crippen molar-refractivity contribution in [1.82, 2.24) is 5.32 Å². The number of unbranched alkanes of at least 4 members (excludes halogenated alkanes) is 1. The van der Waals surface area contributed by atoms with Gasteiger partial charge < -0.3 is 5.32 Å². The molecule has 1 aliphatic rings. The van der Waals surface area contributed by atoms with E-state index >= 15 is 0 Å². The first-order valence-electron chi connectivity index (χ1n) is 6.50. The van der Waals surface area contributed by atoms with Crippen LogP contribution < -0.4 is 5.32 Å². The summed E-state index contributed by atoms with van der Waals surface area (Å²) in [6.45, 7) is 4.68. The van der Waals surface area contributed by atoms with Gasteiger partial charge in [0, 0.05) is 10.9 Å². The lowest BCUT2D eigenvalue weighted by molar-refractivity contribution is 0.230. The lowest BCUT2D eigenvalue weighted by Gasteiger charge is -2.37. The van der Waals surface area contributed by atoms with Crippen molar-refractivity contribution >= 4 is 15.9 Å². The van der Waals surface area contributed by atoms with E-state index in [0.717, 1.165) is 22.7 Å². The highest BCUT2D eigenvalue weighted by molar-refractivity contribution is 9.09. The average Bonchev–Trinajstić information content (AvgIpc) is 2.24. The number of alkyl halides is 1. The molecule has 0 saturated heterocycles. The molecule has 1 rings (SSSR count). The Bertz CT molecular complexity index is 172. The molecule has 15 heavy (non-hydrogen) atoms. The SMILES string of the molecule is CCCCC(NC)C1CC(C)CCC1Br. The zero-order valence-electron chi connectivity index (χ0n) is 10.4. The molecule has 0 aromatic rings. The molecule has 0 aliphatic heterocycles. The van der Waals surface area contributed by atoms with Crippen LogP contribution in [0.5, 0.6) is 0 Å². The van der Waals surface area contributed by atoms with Crippen molar-refractivity contribution in [3.05, 3.63) is 0 Å². The largest absolute Gasteiger partial charge is 0.317 e. The first kappa shape index (κ1) is 13.5. The minimum atomic E-state index is 0.720. The zero-order valence-corrected chi connectivity index (χ0v) is 12.0. The highest BCUT2D eigenvalue weighted by Crippen LogP contribution is 2.36. The van der Waals surface area contributed by atoms with E-state index in [2.05, 4.69) is 42.1 Å². The molecule has 1 aliphatic carbocycles. The second-order valence-corrected chi connectivity index (χ2v) is 6.31. The lowest BCUT2D eigenvalue weighted by Crippen LogP contribution is -2.41. The van der Waals surface area contributed by atoms with E-state index < -0.39 is 0 Å². The van der Waals surface area contributed by atoms with Crippen LogP contribution in [0.25, 0.3) is 0 Å². The fraction of sp³-hybridized carbons (Fsp3) is 1.00. The Labute approximate surface area is 104 Å². The van der Waals surface area contributed by atoms with Crippen molar-refractivity contribution in [2.24, 2.45) is 11.8 Å². The molecule has 0 aromatic heterocycles. The van der Waals surface area contributed by atoms with Crippen LogP contribution in [0.4, 0.5) is 0 Å². The van der Waals surface area contributed by atoms with Crippen LogP contribution in [0.15, 0.2) is 0 Å². The van der Waals surface area contributed by atoms with Gasteiger partial charge in [-0.1, -0.05) is 42.6 Å². The molecule has 0 bridgehead atoms. The maximum Gasteiger partial charge on any atom is 0.0189 e. The second-order valence-electron chi connectivity index (χ2n) is 5.14. The maximum atomic E-state index is 3.88. The van der Waals surface area contributed by atoms with Crippen LogP contribution in [0.1, 0.15) is 52.4 Å². The summed E-state index contributed by atoms with van der Waals surface area (Å²) in [5, 5.41) is 3.53. The van der Waals surface area contributed by atoms with Gasteiger partial charge in [0.15, 0.2) is 0 Å². The Kier molecular flexibility index (Phi) is 6.21. The molecule has 4 atom stereocenters. The van der Waals surface area contributed by atoms with Crippen LogP contribution in [-0.2, 0) is 0 Å². The minimum Gasteiger partial charge on any atom is -0.317 e. The van der Waals surface area contributed by atoms with Gasteiger partial charge >= 0.3 is 0 Å². The van der Waals surface area contributed by atoms with Gasteiger partial charge in [-0.3, -0.25) is 0 Å². The van der Waals surface area contributed by atoms with Crippen molar-refractivity contribution in [3.63, 3.8) is 0 Å². The molecule has 0 heterocycles. The topological polar surface area (TPSA) is 12.0 Å². The third-order valence-corrected chi connectivity index (χ3v) is 4.97. The molecule has 0 amide bonds. The van der Waals surface area contributed by atoms with Gasteiger partial charge in [0.2, 0.25) is 0 Å². The Morgan fingerprint density at radius 2 is 2.13 bits per heavy atom. The molecule has 1 saturated carbocycles. The molecule has 0 spiro atoms. The van der Waals surface area contributed by atoms with Crippen molar-refractivity contribution in [2.45, 2.75) is 63.2 Å². The molecular weight excluding hydrogens is 250 g/mol. The van der Waals surface area contributed by atoms with Gasteiger partial charge in [-0.15, -0.1) is 0 Å². The summed E-state index contributed by atoms with van der Waals surface area (Å²) < 4.78 is 0. The summed E-state index contributed by atoms with van der Waals surface area (Å²) >= 11 is 3.88. The van der Waals surface area contributed by atoms with Crippen LogP contribution in [0.3, 0.4) is 0 Å². The third-order valence-electron chi connectivity index (χ3n) is 3.83. The van der Waals surface area contributed by atoms with Crippen LogP contribution in [0, 0.1) is 11.8 Å². The fourth-order valence-electron chi connectivity index (χ4n) is 2.80. The normalized spacial score (nSPS) is 34.0. The summed E-state index contributed by atoms with van der Waals surface area (Å²) in [5.41, 5.74) is 0. The molecule has 2 heteroatoms. The lowest BCUT2D eigenvalue weighted by atomic mass is 9.77. The predicted octanol–water partition coefficient (Wildman–Crippen LogP) is 3.96. The van der Waals surface area contributed by atoms with Gasteiger partial charge in [-0.25, -0.2) is 0 Å². The average molecular weight is 276 g/mol. The highest BCUT2D eigenvalue weighted by atomic mass is 79.9. The molecule has 1 nitrogen and oxygen atoms in total. The molecule has 0 radical (unpaired) electrons. The van der Waals surface area contributed by atoms with Crippen molar-refractivity contribution in [2.75, 3.05) is 7.05 Å². The Balaban J connectivity index is 2.48. The molecule has 1 N–H and O–H groups in total. The van der Waals surface area contributed by atoms with E-state index in [4.69, 9.17) is 0 Å². The van der Waals surface area contributed by atoms with Gasteiger partial charge in [0.25, 0.3) is 0 Å². The van der Waals surface area contributed by atoms with E-state index in [0.29, 0.717) is 0 Å². The number of rotatable bonds is 5. The van der Waals surface area contributed by atoms with Crippen molar-refractivity contribution in [3.8, 4) is 0 Å². The number of hydrogen-bond acceptors (Lipinski definition) is 1. The van der Waals surface area contributed by atoms with Crippen LogP contribution in [0.2, 0.25) is 0 Å². The molecule has 90 valence electrons. The van der Waals surface area contributed by atoms with Gasteiger partial charge in [-0.05, 0) is 44.6 Å². The summed E-state index contributed by atoms with van der Waals surface area (Å²) in [7, 11) is 2.12. The molecule has 4 unspecified atom stereocenters. The van der Waals surface area contributed by atoms with Gasteiger partial charge in [0.05, 0.1) is 0 Å².